The lowest BCUT2D eigenvalue weighted by molar-refractivity contribution is -0.131. The van der Waals surface area contributed by atoms with Gasteiger partial charge >= 0.3 is 0 Å². The Labute approximate surface area is 107 Å². The average molecular weight is 249 g/mol. The molecule has 1 aromatic rings. The van der Waals surface area contributed by atoms with Gasteiger partial charge in [-0.1, -0.05) is 29.8 Å². The van der Waals surface area contributed by atoms with Crippen LogP contribution in [0.15, 0.2) is 24.3 Å². The predicted molar refractivity (Wildman–Crippen MR) is 69.8 cm³/mol. The first-order valence-electron chi connectivity index (χ1n) is 5.72. The summed E-state index contributed by atoms with van der Waals surface area (Å²) in [5.41, 5.74) is 7.65. The lowest BCUT2D eigenvalue weighted by Gasteiger charge is -2.14. The Morgan fingerprint density at radius 3 is 2.33 bits per heavy atom. The highest BCUT2D eigenvalue weighted by atomic mass is 16.2. The summed E-state index contributed by atoms with van der Waals surface area (Å²) in [6.45, 7) is 1.93. The van der Waals surface area contributed by atoms with Crippen molar-refractivity contribution in [2.24, 2.45) is 5.73 Å². The number of hydrogen-bond donors (Lipinski definition) is 2. The summed E-state index contributed by atoms with van der Waals surface area (Å²) in [4.78, 5) is 24.5. The van der Waals surface area contributed by atoms with E-state index in [4.69, 9.17) is 5.73 Å². The summed E-state index contributed by atoms with van der Waals surface area (Å²) in [5, 5.41) is 2.52. The molecular formula is C13H19N3O2. The normalized spacial score (nSPS) is 11.8. The zero-order valence-electron chi connectivity index (χ0n) is 10.9. The first-order valence-corrected chi connectivity index (χ1v) is 5.72. The number of rotatable bonds is 4. The van der Waals surface area contributed by atoms with E-state index >= 15 is 0 Å². The fraction of sp³-hybridized carbons (Fsp3) is 0.385. The summed E-state index contributed by atoms with van der Waals surface area (Å²) < 4.78 is 0. The number of benzene rings is 1. The van der Waals surface area contributed by atoms with E-state index in [9.17, 15) is 9.59 Å². The van der Waals surface area contributed by atoms with Crippen molar-refractivity contribution in [1.29, 1.82) is 0 Å². The molecule has 0 spiro atoms. The molecule has 98 valence electrons. The van der Waals surface area contributed by atoms with Crippen LogP contribution in [0.25, 0.3) is 0 Å². The number of nitrogens with two attached hydrogens (primary N) is 1. The van der Waals surface area contributed by atoms with E-state index in [2.05, 4.69) is 5.32 Å². The first kappa shape index (κ1) is 14.2. The lowest BCUT2D eigenvalue weighted by Crippen LogP contribution is -2.40. The van der Waals surface area contributed by atoms with Crippen molar-refractivity contribution in [2.45, 2.75) is 13.0 Å². The fourth-order valence-corrected chi connectivity index (χ4v) is 1.36. The van der Waals surface area contributed by atoms with Crippen molar-refractivity contribution < 1.29 is 9.59 Å². The SMILES string of the molecule is Cc1ccc(C(N)C(=O)NCC(=O)N(C)C)cc1. The molecule has 0 aromatic heterocycles. The van der Waals surface area contributed by atoms with Crippen molar-refractivity contribution in [2.75, 3.05) is 20.6 Å². The molecule has 1 unspecified atom stereocenters. The van der Waals surface area contributed by atoms with Crippen molar-refractivity contribution in [3.8, 4) is 0 Å². The minimum Gasteiger partial charge on any atom is -0.347 e. The molecule has 0 aliphatic rings. The molecule has 2 amide bonds. The topological polar surface area (TPSA) is 75.4 Å². The minimum absolute atomic E-state index is 0.0363. The van der Waals surface area contributed by atoms with E-state index in [0.717, 1.165) is 11.1 Å². The molecule has 0 aliphatic heterocycles. The Hall–Kier alpha value is -1.88. The van der Waals surface area contributed by atoms with Gasteiger partial charge in [0.1, 0.15) is 6.04 Å². The van der Waals surface area contributed by atoms with Gasteiger partial charge in [-0.3, -0.25) is 9.59 Å². The van der Waals surface area contributed by atoms with Crippen LogP contribution in [0, 0.1) is 6.92 Å². The monoisotopic (exact) mass is 249 g/mol. The maximum Gasteiger partial charge on any atom is 0.241 e. The van der Waals surface area contributed by atoms with E-state index in [-0.39, 0.29) is 18.4 Å². The molecule has 0 heterocycles. The Bertz CT molecular complexity index is 426. The average Bonchev–Trinajstić information content (AvgIpc) is 2.35. The van der Waals surface area contributed by atoms with Gasteiger partial charge < -0.3 is 16.0 Å². The maximum atomic E-state index is 11.7. The fourth-order valence-electron chi connectivity index (χ4n) is 1.36. The van der Waals surface area contributed by atoms with Crippen LogP contribution in [0.2, 0.25) is 0 Å². The number of carbonyl (C=O) groups excluding carboxylic acids is 2. The van der Waals surface area contributed by atoms with Gasteiger partial charge in [-0.05, 0) is 12.5 Å². The summed E-state index contributed by atoms with van der Waals surface area (Å²) in [6.07, 6.45) is 0. The van der Waals surface area contributed by atoms with Crippen molar-refractivity contribution in [3.05, 3.63) is 35.4 Å². The second-order valence-corrected chi connectivity index (χ2v) is 4.39. The molecule has 0 aliphatic carbocycles. The lowest BCUT2D eigenvalue weighted by atomic mass is 10.1. The second-order valence-electron chi connectivity index (χ2n) is 4.39. The Morgan fingerprint density at radius 2 is 1.83 bits per heavy atom. The molecule has 1 rings (SSSR count). The van der Waals surface area contributed by atoms with E-state index in [1.54, 1.807) is 14.1 Å². The minimum atomic E-state index is -0.749. The number of likely N-dealkylation sites (N-methyl/N-ethyl adjacent to an activating group) is 1. The molecule has 5 heteroatoms. The number of nitrogens with one attached hydrogen (secondary N) is 1. The van der Waals surface area contributed by atoms with E-state index in [1.807, 2.05) is 31.2 Å². The van der Waals surface area contributed by atoms with Crippen LogP contribution < -0.4 is 11.1 Å². The molecule has 1 atom stereocenters. The molecule has 3 N–H and O–H groups in total. The molecule has 0 saturated heterocycles. The van der Waals surface area contributed by atoms with Crippen LogP contribution in [-0.2, 0) is 9.59 Å². The molecule has 1 aromatic carbocycles. The standard InChI is InChI=1S/C13H19N3O2/c1-9-4-6-10(7-5-9)12(14)13(18)15-8-11(17)16(2)3/h4-7,12H,8,14H2,1-3H3,(H,15,18). The smallest absolute Gasteiger partial charge is 0.241 e. The Balaban J connectivity index is 2.56. The summed E-state index contributed by atoms with van der Waals surface area (Å²) >= 11 is 0. The number of carbonyl (C=O) groups is 2. The highest BCUT2D eigenvalue weighted by Crippen LogP contribution is 2.11. The Kier molecular flexibility index (Phi) is 4.85. The molecule has 5 nitrogen and oxygen atoms in total. The molecule has 0 radical (unpaired) electrons. The maximum absolute atomic E-state index is 11.7. The third kappa shape index (κ3) is 3.85. The van der Waals surface area contributed by atoms with Gasteiger partial charge in [-0.25, -0.2) is 0 Å². The summed E-state index contributed by atoms with van der Waals surface area (Å²) in [7, 11) is 3.27. The second kappa shape index (κ2) is 6.16. The molecule has 0 saturated carbocycles. The zero-order valence-corrected chi connectivity index (χ0v) is 10.9. The van der Waals surface area contributed by atoms with Gasteiger partial charge in [-0.15, -0.1) is 0 Å². The third-order valence-electron chi connectivity index (χ3n) is 2.63. The highest BCUT2D eigenvalue weighted by molar-refractivity contribution is 5.87. The molecular weight excluding hydrogens is 230 g/mol. The number of aryl methyl sites for hydroxylation is 1. The molecule has 0 fully saturated rings. The van der Waals surface area contributed by atoms with Crippen molar-refractivity contribution >= 4 is 11.8 Å². The van der Waals surface area contributed by atoms with E-state index in [1.165, 1.54) is 4.90 Å². The Morgan fingerprint density at radius 1 is 1.28 bits per heavy atom. The summed E-state index contributed by atoms with van der Waals surface area (Å²) in [5.74, 6) is -0.520. The van der Waals surface area contributed by atoms with Crippen LogP contribution in [0.4, 0.5) is 0 Å². The van der Waals surface area contributed by atoms with Gasteiger partial charge in [0.25, 0.3) is 0 Å². The quantitative estimate of drug-likeness (QED) is 0.800. The van der Waals surface area contributed by atoms with Crippen LogP contribution >= 0.6 is 0 Å². The van der Waals surface area contributed by atoms with Crippen LogP contribution in [0.3, 0.4) is 0 Å². The zero-order chi connectivity index (χ0) is 13.7. The number of nitrogens with zero attached hydrogens (tertiary/aromatic N) is 1. The summed E-state index contributed by atoms with van der Waals surface area (Å²) in [6, 6.07) is 6.67. The first-order chi connectivity index (χ1) is 8.41. The van der Waals surface area contributed by atoms with Crippen LogP contribution in [0.5, 0.6) is 0 Å². The van der Waals surface area contributed by atoms with Gasteiger partial charge in [0, 0.05) is 14.1 Å². The van der Waals surface area contributed by atoms with Crippen molar-refractivity contribution in [3.63, 3.8) is 0 Å². The third-order valence-corrected chi connectivity index (χ3v) is 2.63. The molecule has 18 heavy (non-hydrogen) atoms. The number of hydrogen-bond acceptors (Lipinski definition) is 3. The highest BCUT2D eigenvalue weighted by Gasteiger charge is 2.16. The van der Waals surface area contributed by atoms with E-state index < -0.39 is 6.04 Å². The van der Waals surface area contributed by atoms with Crippen LogP contribution in [0.1, 0.15) is 17.2 Å². The van der Waals surface area contributed by atoms with Crippen LogP contribution in [-0.4, -0.2) is 37.4 Å². The van der Waals surface area contributed by atoms with Gasteiger partial charge in [-0.2, -0.15) is 0 Å². The number of amides is 2. The predicted octanol–water partition coefficient (Wildman–Crippen LogP) is 0.199. The van der Waals surface area contributed by atoms with E-state index in [0.29, 0.717) is 0 Å². The molecule has 0 bridgehead atoms. The van der Waals surface area contributed by atoms with Crippen molar-refractivity contribution in [1.82, 2.24) is 10.2 Å². The largest absolute Gasteiger partial charge is 0.347 e. The van der Waals surface area contributed by atoms with Gasteiger partial charge in [0.2, 0.25) is 11.8 Å². The van der Waals surface area contributed by atoms with Gasteiger partial charge in [0.05, 0.1) is 6.54 Å². The van der Waals surface area contributed by atoms with Gasteiger partial charge in [0.15, 0.2) is 0 Å².